The van der Waals surface area contributed by atoms with Crippen LogP contribution in [0.4, 0.5) is 0 Å². The van der Waals surface area contributed by atoms with Crippen LogP contribution in [0.25, 0.3) is 0 Å². The molecule has 1 fully saturated rings. The van der Waals surface area contributed by atoms with Gasteiger partial charge in [-0.25, -0.2) is 0 Å². The summed E-state index contributed by atoms with van der Waals surface area (Å²) in [6.07, 6.45) is 2.33. The molecule has 1 saturated carbocycles. The van der Waals surface area contributed by atoms with E-state index in [9.17, 15) is 9.90 Å². The number of carbonyl (C=O) groups is 1. The number of benzene rings is 1. The molecule has 0 atom stereocenters. The monoisotopic (exact) mass is 260 g/mol. The molecule has 0 saturated heterocycles. The first kappa shape index (κ1) is 14.1. The van der Waals surface area contributed by atoms with Gasteiger partial charge in [-0.15, -0.1) is 0 Å². The van der Waals surface area contributed by atoms with Crippen LogP contribution in [-0.4, -0.2) is 11.1 Å². The van der Waals surface area contributed by atoms with E-state index >= 15 is 0 Å². The van der Waals surface area contributed by atoms with Gasteiger partial charge in [-0.05, 0) is 60.8 Å². The summed E-state index contributed by atoms with van der Waals surface area (Å²) in [6, 6.07) is 4.44. The highest BCUT2D eigenvalue weighted by atomic mass is 16.4. The van der Waals surface area contributed by atoms with Crippen molar-refractivity contribution in [1.29, 1.82) is 0 Å². The van der Waals surface area contributed by atoms with E-state index in [-0.39, 0.29) is 5.41 Å². The Morgan fingerprint density at radius 2 is 1.68 bits per heavy atom. The van der Waals surface area contributed by atoms with Gasteiger partial charge in [-0.1, -0.05) is 32.9 Å². The molecule has 104 valence electrons. The smallest absolute Gasteiger partial charge is 0.309 e. The minimum absolute atomic E-state index is 0.137. The molecule has 2 nitrogen and oxygen atoms in total. The second kappa shape index (κ2) is 4.36. The quantitative estimate of drug-likeness (QED) is 0.891. The van der Waals surface area contributed by atoms with Crippen molar-refractivity contribution in [3.63, 3.8) is 0 Å². The van der Waals surface area contributed by atoms with Gasteiger partial charge in [-0.2, -0.15) is 0 Å². The number of hydrogen-bond donors (Lipinski definition) is 1. The van der Waals surface area contributed by atoms with Crippen LogP contribution >= 0.6 is 0 Å². The van der Waals surface area contributed by atoms with Gasteiger partial charge in [0.2, 0.25) is 0 Å². The standard InChI is InChI=1S/C17H24O2/c1-11-8-13(16(3,4)5)9-12(2)14(11)10-17(6-7-17)15(18)19/h8-9H,6-7,10H2,1-5H3,(H,18,19). The zero-order chi connectivity index (χ0) is 14.4. The van der Waals surface area contributed by atoms with Crippen LogP contribution in [0.1, 0.15) is 55.9 Å². The number of carboxylic acids is 1. The van der Waals surface area contributed by atoms with Crippen molar-refractivity contribution in [3.05, 3.63) is 34.4 Å². The predicted octanol–water partition coefficient (Wildman–Crippen LogP) is 4.01. The molecular formula is C17H24O2. The predicted molar refractivity (Wildman–Crippen MR) is 77.6 cm³/mol. The van der Waals surface area contributed by atoms with Gasteiger partial charge >= 0.3 is 5.97 Å². The van der Waals surface area contributed by atoms with Crippen LogP contribution in [0.2, 0.25) is 0 Å². The summed E-state index contributed by atoms with van der Waals surface area (Å²) in [5.41, 5.74) is 4.69. The Kier molecular flexibility index (Phi) is 3.24. The molecule has 0 bridgehead atoms. The zero-order valence-electron chi connectivity index (χ0n) is 12.6. The second-order valence-electron chi connectivity index (χ2n) is 7.10. The zero-order valence-corrected chi connectivity index (χ0v) is 12.6. The minimum atomic E-state index is -0.633. The van der Waals surface area contributed by atoms with Gasteiger partial charge in [-0.3, -0.25) is 4.79 Å². The van der Waals surface area contributed by atoms with Gasteiger partial charge < -0.3 is 5.11 Å². The fraction of sp³-hybridized carbons (Fsp3) is 0.588. The van der Waals surface area contributed by atoms with Crippen molar-refractivity contribution in [3.8, 4) is 0 Å². The van der Waals surface area contributed by atoms with Crippen molar-refractivity contribution in [1.82, 2.24) is 0 Å². The summed E-state index contributed by atoms with van der Waals surface area (Å²) >= 11 is 0. The van der Waals surface area contributed by atoms with E-state index in [2.05, 4.69) is 46.8 Å². The maximum Gasteiger partial charge on any atom is 0.309 e. The number of aliphatic carboxylic acids is 1. The van der Waals surface area contributed by atoms with Crippen LogP contribution in [0.15, 0.2) is 12.1 Å². The number of hydrogen-bond acceptors (Lipinski definition) is 1. The lowest BCUT2D eigenvalue weighted by Gasteiger charge is -2.23. The first-order valence-electron chi connectivity index (χ1n) is 7.00. The third kappa shape index (κ3) is 2.68. The summed E-state index contributed by atoms with van der Waals surface area (Å²) in [5, 5.41) is 9.33. The Hall–Kier alpha value is -1.31. The first-order chi connectivity index (χ1) is 8.66. The van der Waals surface area contributed by atoms with Gasteiger partial charge in [0.25, 0.3) is 0 Å². The van der Waals surface area contributed by atoms with Crippen molar-refractivity contribution < 1.29 is 9.90 Å². The molecule has 0 amide bonds. The molecular weight excluding hydrogens is 236 g/mol. The molecule has 1 aliphatic carbocycles. The molecule has 0 spiro atoms. The third-order valence-corrected chi connectivity index (χ3v) is 4.38. The SMILES string of the molecule is Cc1cc(C(C)(C)C)cc(C)c1CC1(C(=O)O)CC1. The third-order valence-electron chi connectivity index (χ3n) is 4.38. The Morgan fingerprint density at radius 3 is 2.00 bits per heavy atom. The molecule has 0 aliphatic heterocycles. The molecule has 2 heteroatoms. The molecule has 2 rings (SSSR count). The van der Waals surface area contributed by atoms with E-state index < -0.39 is 11.4 Å². The fourth-order valence-electron chi connectivity index (χ4n) is 2.66. The summed E-state index contributed by atoms with van der Waals surface area (Å²) in [5.74, 6) is -0.633. The topological polar surface area (TPSA) is 37.3 Å². The molecule has 0 unspecified atom stereocenters. The van der Waals surface area contributed by atoms with Crippen molar-refractivity contribution in [2.24, 2.45) is 5.41 Å². The summed E-state index contributed by atoms with van der Waals surface area (Å²) in [4.78, 5) is 11.3. The van der Waals surface area contributed by atoms with Crippen LogP contribution < -0.4 is 0 Å². The number of aryl methyl sites for hydroxylation is 2. The highest BCUT2D eigenvalue weighted by molar-refractivity contribution is 5.78. The second-order valence-corrected chi connectivity index (χ2v) is 7.10. The van der Waals surface area contributed by atoms with E-state index in [4.69, 9.17) is 0 Å². The van der Waals surface area contributed by atoms with E-state index in [0.29, 0.717) is 6.42 Å². The van der Waals surface area contributed by atoms with Gasteiger partial charge in [0.05, 0.1) is 5.41 Å². The summed E-state index contributed by atoms with van der Waals surface area (Å²) < 4.78 is 0. The fourth-order valence-corrected chi connectivity index (χ4v) is 2.66. The number of rotatable bonds is 3. The van der Waals surface area contributed by atoms with Crippen LogP contribution in [0.3, 0.4) is 0 Å². The molecule has 1 aromatic rings. The van der Waals surface area contributed by atoms with Crippen molar-refractivity contribution >= 4 is 5.97 Å². The Morgan fingerprint density at radius 1 is 1.21 bits per heavy atom. The Labute approximate surface area is 115 Å². The molecule has 0 aromatic heterocycles. The summed E-state index contributed by atoms with van der Waals surface area (Å²) in [6.45, 7) is 10.8. The van der Waals surface area contributed by atoms with E-state index in [0.717, 1.165) is 12.8 Å². The van der Waals surface area contributed by atoms with E-state index in [1.54, 1.807) is 0 Å². The van der Waals surface area contributed by atoms with Gasteiger partial charge in [0.1, 0.15) is 0 Å². The molecule has 1 N–H and O–H groups in total. The van der Waals surface area contributed by atoms with E-state index in [1.165, 1.54) is 22.3 Å². The summed E-state index contributed by atoms with van der Waals surface area (Å²) in [7, 11) is 0. The molecule has 1 aromatic carbocycles. The Bertz CT molecular complexity index is 494. The normalized spacial score (nSPS) is 17.3. The lowest BCUT2D eigenvalue weighted by Crippen LogP contribution is -2.19. The molecule has 0 heterocycles. The molecule has 0 radical (unpaired) electrons. The average molecular weight is 260 g/mol. The van der Waals surface area contributed by atoms with Crippen LogP contribution in [-0.2, 0) is 16.6 Å². The lowest BCUT2D eigenvalue weighted by atomic mass is 9.82. The minimum Gasteiger partial charge on any atom is -0.481 e. The first-order valence-corrected chi connectivity index (χ1v) is 7.00. The molecule has 1 aliphatic rings. The maximum absolute atomic E-state index is 11.3. The number of carboxylic acid groups (broad SMARTS) is 1. The lowest BCUT2D eigenvalue weighted by molar-refractivity contribution is -0.143. The highest BCUT2D eigenvalue weighted by Gasteiger charge is 2.50. The van der Waals surface area contributed by atoms with Gasteiger partial charge in [0, 0.05) is 0 Å². The van der Waals surface area contributed by atoms with Crippen molar-refractivity contribution in [2.75, 3.05) is 0 Å². The molecule has 19 heavy (non-hydrogen) atoms. The van der Waals surface area contributed by atoms with Crippen molar-refractivity contribution in [2.45, 2.75) is 59.3 Å². The highest BCUT2D eigenvalue weighted by Crippen LogP contribution is 2.49. The van der Waals surface area contributed by atoms with Crippen LogP contribution in [0, 0.1) is 19.3 Å². The largest absolute Gasteiger partial charge is 0.481 e. The van der Waals surface area contributed by atoms with Crippen LogP contribution in [0.5, 0.6) is 0 Å². The van der Waals surface area contributed by atoms with E-state index in [1.807, 2.05) is 0 Å². The maximum atomic E-state index is 11.3. The Balaban J connectivity index is 2.36. The van der Waals surface area contributed by atoms with Gasteiger partial charge in [0.15, 0.2) is 0 Å². The average Bonchev–Trinajstić information content (AvgIpc) is 3.02.